The van der Waals surface area contributed by atoms with Gasteiger partial charge in [0.1, 0.15) is 5.82 Å². The molecule has 1 unspecified atom stereocenters. The fourth-order valence-electron chi connectivity index (χ4n) is 3.53. The van der Waals surface area contributed by atoms with Crippen LogP contribution in [0.4, 0.5) is 5.82 Å². The zero-order valence-corrected chi connectivity index (χ0v) is 12.3. The number of nitrogens with one attached hydrogen (secondary N) is 1. The van der Waals surface area contributed by atoms with Crippen molar-refractivity contribution in [1.29, 1.82) is 0 Å². The Hall–Kier alpha value is -1.42. The van der Waals surface area contributed by atoms with Crippen molar-refractivity contribution in [3.63, 3.8) is 0 Å². The number of hydrogen-bond acceptors (Lipinski definition) is 3. The molecule has 2 heterocycles. The predicted molar refractivity (Wildman–Crippen MR) is 80.1 cm³/mol. The van der Waals surface area contributed by atoms with Crippen molar-refractivity contribution < 1.29 is 9.53 Å². The van der Waals surface area contributed by atoms with Crippen LogP contribution in [-0.4, -0.2) is 23.1 Å². The largest absolute Gasteiger partial charge is 0.375 e. The Labute approximate surface area is 125 Å². The molecule has 0 bridgehead atoms. The van der Waals surface area contributed by atoms with Crippen molar-refractivity contribution >= 4 is 11.7 Å². The zero-order valence-electron chi connectivity index (χ0n) is 12.3. The lowest BCUT2D eigenvalue weighted by atomic mass is 9.72. The Morgan fingerprint density at radius 2 is 2.14 bits per heavy atom. The van der Waals surface area contributed by atoms with Crippen LogP contribution in [-0.2, 0) is 9.53 Å². The maximum atomic E-state index is 12.5. The van der Waals surface area contributed by atoms with Crippen LogP contribution in [0.2, 0.25) is 0 Å². The molecule has 21 heavy (non-hydrogen) atoms. The number of carbonyl (C=O) groups is 1. The average Bonchev–Trinajstić information content (AvgIpc) is 3.31. The number of rotatable bonds is 3. The molecule has 1 aromatic rings. The second kappa shape index (κ2) is 5.09. The summed E-state index contributed by atoms with van der Waals surface area (Å²) in [5.41, 5.74) is 1.14. The van der Waals surface area contributed by atoms with Crippen LogP contribution in [0, 0.1) is 5.92 Å². The van der Waals surface area contributed by atoms with E-state index in [1.807, 2.05) is 12.1 Å². The number of hydrogen-bond donors (Lipinski definition) is 1. The summed E-state index contributed by atoms with van der Waals surface area (Å²) < 4.78 is 5.90. The van der Waals surface area contributed by atoms with E-state index in [0.29, 0.717) is 18.3 Å². The van der Waals surface area contributed by atoms with Crippen molar-refractivity contribution in [2.75, 3.05) is 11.9 Å². The fraction of sp³-hybridized carbons (Fsp3) is 0.647. The van der Waals surface area contributed by atoms with Crippen molar-refractivity contribution in [2.45, 2.75) is 56.5 Å². The van der Waals surface area contributed by atoms with Crippen LogP contribution in [0.1, 0.15) is 56.6 Å². The molecule has 1 atom stereocenters. The lowest BCUT2D eigenvalue weighted by molar-refractivity contribution is -0.153. The van der Waals surface area contributed by atoms with Gasteiger partial charge in [-0.15, -0.1) is 0 Å². The summed E-state index contributed by atoms with van der Waals surface area (Å²) in [7, 11) is 0. The monoisotopic (exact) mass is 286 g/mol. The summed E-state index contributed by atoms with van der Waals surface area (Å²) >= 11 is 0. The Kier molecular flexibility index (Phi) is 3.21. The number of carbonyl (C=O) groups excluding carboxylic acids is 1. The topological polar surface area (TPSA) is 51.2 Å². The summed E-state index contributed by atoms with van der Waals surface area (Å²) in [6.45, 7) is 0.716. The molecule has 2 aliphatic carbocycles. The van der Waals surface area contributed by atoms with Gasteiger partial charge in [0.25, 0.3) is 0 Å². The van der Waals surface area contributed by atoms with Crippen molar-refractivity contribution in [3.05, 3.63) is 23.9 Å². The lowest BCUT2D eigenvalue weighted by Crippen LogP contribution is -2.47. The first-order valence-electron chi connectivity index (χ1n) is 8.16. The number of ether oxygens (including phenoxy) is 1. The third-order valence-electron chi connectivity index (χ3n) is 5.15. The minimum atomic E-state index is 0.0174. The Bertz CT molecular complexity index is 549. The van der Waals surface area contributed by atoms with E-state index in [2.05, 4.69) is 16.4 Å². The fourth-order valence-corrected chi connectivity index (χ4v) is 3.53. The third kappa shape index (κ3) is 2.69. The van der Waals surface area contributed by atoms with Gasteiger partial charge in [-0.25, -0.2) is 4.98 Å². The highest BCUT2D eigenvalue weighted by Gasteiger charge is 2.44. The molecular weight excluding hydrogens is 264 g/mol. The standard InChI is InChI=1S/C17H22N2O2/c20-16(13-7-10-21-17(11-13)8-2-9-17)19-15-4-1-3-14(18-15)12-5-6-12/h1,3-4,12-13H,2,5-11H2,(H,18,19,20). The number of amides is 1. The molecule has 4 heteroatoms. The van der Waals surface area contributed by atoms with E-state index in [9.17, 15) is 4.79 Å². The molecule has 0 radical (unpaired) electrons. The molecular formula is C17H22N2O2. The van der Waals surface area contributed by atoms with Gasteiger partial charge in [-0.3, -0.25) is 4.79 Å². The zero-order chi connectivity index (χ0) is 14.3. The molecule has 3 aliphatic rings. The second-order valence-corrected chi connectivity index (χ2v) is 6.79. The molecule has 1 N–H and O–H groups in total. The molecule has 1 saturated heterocycles. The SMILES string of the molecule is O=C(Nc1cccc(C2CC2)n1)C1CCOC2(CCC2)C1. The molecule has 1 aliphatic heterocycles. The second-order valence-electron chi connectivity index (χ2n) is 6.79. The van der Waals surface area contributed by atoms with Crippen LogP contribution in [0.25, 0.3) is 0 Å². The number of anilines is 1. The third-order valence-corrected chi connectivity index (χ3v) is 5.15. The van der Waals surface area contributed by atoms with Gasteiger partial charge in [-0.1, -0.05) is 6.07 Å². The van der Waals surface area contributed by atoms with E-state index in [4.69, 9.17) is 4.74 Å². The highest BCUT2D eigenvalue weighted by atomic mass is 16.5. The van der Waals surface area contributed by atoms with Crippen LogP contribution in [0.5, 0.6) is 0 Å². The van der Waals surface area contributed by atoms with Gasteiger partial charge in [0.05, 0.1) is 5.60 Å². The lowest BCUT2D eigenvalue weighted by Gasteiger charge is -2.46. The van der Waals surface area contributed by atoms with Crippen molar-refractivity contribution in [3.8, 4) is 0 Å². The minimum Gasteiger partial charge on any atom is -0.375 e. The Morgan fingerprint density at radius 1 is 1.29 bits per heavy atom. The van der Waals surface area contributed by atoms with E-state index in [-0.39, 0.29) is 17.4 Å². The van der Waals surface area contributed by atoms with Gasteiger partial charge in [0.2, 0.25) is 5.91 Å². The number of nitrogens with zero attached hydrogens (tertiary/aromatic N) is 1. The van der Waals surface area contributed by atoms with E-state index in [1.54, 1.807) is 0 Å². The van der Waals surface area contributed by atoms with Crippen molar-refractivity contribution in [2.24, 2.45) is 5.92 Å². The molecule has 1 aromatic heterocycles. The summed E-state index contributed by atoms with van der Waals surface area (Å²) in [6, 6.07) is 5.95. The van der Waals surface area contributed by atoms with Gasteiger partial charge >= 0.3 is 0 Å². The summed E-state index contributed by atoms with van der Waals surface area (Å²) in [6.07, 6.45) is 7.63. The maximum Gasteiger partial charge on any atom is 0.228 e. The molecule has 4 nitrogen and oxygen atoms in total. The van der Waals surface area contributed by atoms with Gasteiger partial charge in [-0.2, -0.15) is 0 Å². The summed E-state index contributed by atoms with van der Waals surface area (Å²) in [5.74, 6) is 1.51. The summed E-state index contributed by atoms with van der Waals surface area (Å²) in [4.78, 5) is 17.1. The maximum absolute atomic E-state index is 12.5. The van der Waals surface area contributed by atoms with Crippen LogP contribution < -0.4 is 5.32 Å². The Morgan fingerprint density at radius 3 is 2.86 bits per heavy atom. The van der Waals surface area contributed by atoms with E-state index in [0.717, 1.165) is 31.4 Å². The van der Waals surface area contributed by atoms with E-state index < -0.39 is 0 Å². The quantitative estimate of drug-likeness (QED) is 0.928. The van der Waals surface area contributed by atoms with Crippen LogP contribution in [0.15, 0.2) is 18.2 Å². The molecule has 1 spiro atoms. The molecule has 0 aromatic carbocycles. The molecule has 4 rings (SSSR count). The number of pyridine rings is 1. The first-order chi connectivity index (χ1) is 10.2. The van der Waals surface area contributed by atoms with Crippen LogP contribution in [0.3, 0.4) is 0 Å². The highest BCUT2D eigenvalue weighted by Crippen LogP contribution is 2.44. The van der Waals surface area contributed by atoms with Gasteiger partial charge in [0, 0.05) is 24.1 Å². The van der Waals surface area contributed by atoms with Crippen LogP contribution >= 0.6 is 0 Å². The smallest absolute Gasteiger partial charge is 0.228 e. The predicted octanol–water partition coefficient (Wildman–Crippen LogP) is 3.25. The summed E-state index contributed by atoms with van der Waals surface area (Å²) in [5, 5.41) is 3.02. The van der Waals surface area contributed by atoms with E-state index in [1.165, 1.54) is 19.3 Å². The molecule has 2 saturated carbocycles. The minimum absolute atomic E-state index is 0.0174. The van der Waals surface area contributed by atoms with Gasteiger partial charge in [-0.05, 0) is 57.1 Å². The first-order valence-corrected chi connectivity index (χ1v) is 8.16. The molecule has 3 fully saturated rings. The van der Waals surface area contributed by atoms with Gasteiger partial charge < -0.3 is 10.1 Å². The van der Waals surface area contributed by atoms with Crippen molar-refractivity contribution in [1.82, 2.24) is 4.98 Å². The first kappa shape index (κ1) is 13.3. The molecule has 1 amide bonds. The Balaban J connectivity index is 1.41. The van der Waals surface area contributed by atoms with Gasteiger partial charge in [0.15, 0.2) is 0 Å². The van der Waals surface area contributed by atoms with E-state index >= 15 is 0 Å². The normalized spacial score (nSPS) is 27.1. The molecule has 112 valence electrons. The average molecular weight is 286 g/mol. The number of aromatic nitrogens is 1. The highest BCUT2D eigenvalue weighted by molar-refractivity contribution is 5.91.